The van der Waals surface area contributed by atoms with Gasteiger partial charge in [0.15, 0.2) is 12.4 Å². The molecule has 0 bridgehead atoms. The van der Waals surface area contributed by atoms with Gasteiger partial charge in [0.2, 0.25) is 11.7 Å². The zero-order chi connectivity index (χ0) is 31.2. The second-order valence-corrected chi connectivity index (χ2v) is 13.0. The van der Waals surface area contributed by atoms with Crippen molar-refractivity contribution in [1.29, 1.82) is 0 Å². The number of allylic oxidation sites excluding steroid dienone is 4. The van der Waals surface area contributed by atoms with E-state index in [4.69, 9.17) is 9.84 Å². The minimum absolute atomic E-state index is 0.0148. The van der Waals surface area contributed by atoms with Crippen LogP contribution < -0.4 is 5.32 Å². The number of nitrogens with one attached hydrogen (secondary N) is 1. The molecule has 3 fully saturated rings. The number of aliphatic hydroxyl groups excluding tert-OH is 1. The monoisotopic (exact) mass is 593 g/mol. The lowest BCUT2D eigenvalue weighted by Crippen LogP contribution is -2.61. The third-order valence-electron chi connectivity index (χ3n) is 10.7. The number of rotatable bonds is 9. The molecule has 1 aromatic carbocycles. The predicted molar refractivity (Wildman–Crippen MR) is 153 cm³/mol. The van der Waals surface area contributed by atoms with E-state index >= 15 is 0 Å². The number of carbonyl (C=O) groups is 5. The van der Waals surface area contributed by atoms with Crippen LogP contribution in [0.25, 0.3) is 0 Å². The molecule has 4 aliphatic carbocycles. The van der Waals surface area contributed by atoms with E-state index in [1.165, 1.54) is 12.1 Å². The standard InChI is InChI=1S/C33H39NO9/c1-31-13-11-22(35)15-21(31)7-8-23-24-12-14-33(42,32(24,2)16-25(36)29(23)31)26(37)18-43-28(39)10-9-27(38)34-17-19-3-5-20(6-4-19)30(40)41/h3-6,11,13,15,23-25,29,36,42H,7-10,12,14,16-18H2,1-2H3,(H,34,38)(H,40,41)/t23-,24-,25-,29+,31-,32-,33+/m0/s1. The summed E-state index contributed by atoms with van der Waals surface area (Å²) in [6.45, 7) is 3.47. The summed E-state index contributed by atoms with van der Waals surface area (Å²) >= 11 is 0. The van der Waals surface area contributed by atoms with Crippen LogP contribution in [0.2, 0.25) is 0 Å². The number of esters is 1. The number of amides is 1. The molecule has 5 rings (SSSR count). The second kappa shape index (κ2) is 11.5. The summed E-state index contributed by atoms with van der Waals surface area (Å²) in [7, 11) is 0. The number of fused-ring (bicyclic) bond motifs is 5. The number of ketones is 2. The van der Waals surface area contributed by atoms with Gasteiger partial charge in [0.05, 0.1) is 18.1 Å². The Morgan fingerprint density at radius 3 is 2.49 bits per heavy atom. The third-order valence-corrected chi connectivity index (χ3v) is 10.7. The highest BCUT2D eigenvalue weighted by atomic mass is 16.5. The molecule has 7 atom stereocenters. The molecule has 0 spiro atoms. The van der Waals surface area contributed by atoms with Gasteiger partial charge in [-0.05, 0) is 73.8 Å². The Kier molecular flexibility index (Phi) is 8.22. The van der Waals surface area contributed by atoms with Crippen LogP contribution in [0, 0.1) is 28.6 Å². The average Bonchev–Trinajstić information content (AvgIpc) is 3.24. The highest BCUT2D eigenvalue weighted by Crippen LogP contribution is 2.67. The highest BCUT2D eigenvalue weighted by molar-refractivity contribution is 6.01. The Morgan fingerprint density at radius 2 is 1.79 bits per heavy atom. The summed E-state index contributed by atoms with van der Waals surface area (Å²) < 4.78 is 5.19. The predicted octanol–water partition coefficient (Wildman–Crippen LogP) is 2.90. The van der Waals surface area contributed by atoms with Gasteiger partial charge >= 0.3 is 11.9 Å². The molecule has 3 saturated carbocycles. The van der Waals surface area contributed by atoms with Gasteiger partial charge in [0.1, 0.15) is 5.60 Å². The number of benzene rings is 1. The molecule has 0 aliphatic heterocycles. The van der Waals surface area contributed by atoms with E-state index in [1.807, 2.05) is 13.0 Å². The first kappa shape index (κ1) is 30.8. The van der Waals surface area contributed by atoms with Crippen LogP contribution in [-0.2, 0) is 30.5 Å². The van der Waals surface area contributed by atoms with Crippen molar-refractivity contribution in [1.82, 2.24) is 5.32 Å². The van der Waals surface area contributed by atoms with Crippen molar-refractivity contribution < 1.29 is 44.0 Å². The molecule has 1 amide bonds. The molecule has 0 aromatic heterocycles. The summed E-state index contributed by atoms with van der Waals surface area (Å²) in [4.78, 5) is 60.9. The van der Waals surface area contributed by atoms with Crippen LogP contribution in [0.1, 0.15) is 74.7 Å². The maximum atomic E-state index is 13.4. The van der Waals surface area contributed by atoms with Crippen LogP contribution in [-0.4, -0.2) is 63.0 Å². The topological polar surface area (TPSA) is 167 Å². The van der Waals surface area contributed by atoms with Gasteiger partial charge in [-0.25, -0.2) is 4.79 Å². The van der Waals surface area contributed by atoms with Gasteiger partial charge in [-0.1, -0.05) is 37.6 Å². The fourth-order valence-corrected chi connectivity index (χ4v) is 8.40. The van der Waals surface area contributed by atoms with Gasteiger partial charge in [-0.15, -0.1) is 0 Å². The molecule has 0 radical (unpaired) electrons. The van der Waals surface area contributed by atoms with Crippen LogP contribution >= 0.6 is 0 Å². The molecule has 10 nitrogen and oxygen atoms in total. The first-order valence-electron chi connectivity index (χ1n) is 14.9. The molecule has 43 heavy (non-hydrogen) atoms. The fraction of sp³-hybridized carbons (Fsp3) is 0.545. The molecular weight excluding hydrogens is 554 g/mol. The fourth-order valence-electron chi connectivity index (χ4n) is 8.40. The van der Waals surface area contributed by atoms with Gasteiger partial charge < -0.3 is 25.4 Å². The molecule has 1 aromatic rings. The molecule has 10 heteroatoms. The number of carboxylic acid groups (broad SMARTS) is 1. The third kappa shape index (κ3) is 5.47. The maximum absolute atomic E-state index is 13.4. The molecule has 0 unspecified atom stereocenters. The first-order valence-corrected chi connectivity index (χ1v) is 14.9. The number of ether oxygens (including phenoxy) is 1. The normalized spacial score (nSPS) is 34.3. The SMILES string of the molecule is C[C@]12C=CC(=O)C=C1CC[C@@H]1[C@@H]2[C@@H](O)C[C@@]2(C)[C@H]1CC[C@@]2(O)C(=O)COC(=O)CCC(=O)NCc1ccc(C(=O)O)cc1. The van der Waals surface area contributed by atoms with Crippen molar-refractivity contribution >= 4 is 29.4 Å². The summed E-state index contributed by atoms with van der Waals surface area (Å²) in [5, 5.41) is 34.9. The lowest BCUT2D eigenvalue weighted by atomic mass is 9.46. The quantitative estimate of drug-likeness (QED) is 0.315. The van der Waals surface area contributed by atoms with E-state index in [1.54, 1.807) is 24.3 Å². The van der Waals surface area contributed by atoms with E-state index in [9.17, 15) is 34.2 Å². The lowest BCUT2D eigenvalue weighted by Gasteiger charge is -2.59. The molecule has 0 saturated heterocycles. The zero-order valence-electron chi connectivity index (χ0n) is 24.5. The number of Topliss-reactive ketones (excluding diaryl/α,β-unsaturated/α-hetero) is 1. The van der Waals surface area contributed by atoms with Crippen molar-refractivity contribution in [2.75, 3.05) is 6.61 Å². The van der Waals surface area contributed by atoms with Crippen molar-refractivity contribution in [3.05, 3.63) is 59.2 Å². The number of aliphatic hydroxyl groups is 2. The van der Waals surface area contributed by atoms with E-state index in [2.05, 4.69) is 12.2 Å². The molecule has 4 N–H and O–H groups in total. The molecule has 0 heterocycles. The van der Waals surface area contributed by atoms with Crippen LogP contribution in [0.15, 0.2) is 48.1 Å². The molecule has 4 aliphatic rings. The minimum atomic E-state index is -1.76. The summed E-state index contributed by atoms with van der Waals surface area (Å²) in [5.41, 5.74) is -1.24. The van der Waals surface area contributed by atoms with Gasteiger partial charge in [-0.2, -0.15) is 0 Å². The van der Waals surface area contributed by atoms with Crippen molar-refractivity contribution in [2.45, 2.75) is 77.0 Å². The smallest absolute Gasteiger partial charge is 0.335 e. The Morgan fingerprint density at radius 1 is 1.07 bits per heavy atom. The van der Waals surface area contributed by atoms with E-state index < -0.39 is 52.8 Å². The number of hydrogen-bond donors (Lipinski definition) is 4. The van der Waals surface area contributed by atoms with Gasteiger partial charge in [0, 0.05) is 29.7 Å². The Labute approximate surface area is 250 Å². The number of carboxylic acids is 1. The number of carbonyl (C=O) groups excluding carboxylic acids is 4. The first-order chi connectivity index (χ1) is 20.3. The van der Waals surface area contributed by atoms with Crippen molar-refractivity contribution in [2.24, 2.45) is 28.6 Å². The Balaban J connectivity index is 1.14. The van der Waals surface area contributed by atoms with Crippen LogP contribution in [0.3, 0.4) is 0 Å². The average molecular weight is 594 g/mol. The molecule has 230 valence electrons. The van der Waals surface area contributed by atoms with Gasteiger partial charge in [0.25, 0.3) is 0 Å². The zero-order valence-corrected chi connectivity index (χ0v) is 24.5. The van der Waals surface area contributed by atoms with Gasteiger partial charge in [-0.3, -0.25) is 19.2 Å². The lowest BCUT2D eigenvalue weighted by molar-refractivity contribution is -0.181. The van der Waals surface area contributed by atoms with Crippen molar-refractivity contribution in [3.63, 3.8) is 0 Å². The van der Waals surface area contributed by atoms with E-state index in [0.717, 1.165) is 18.4 Å². The maximum Gasteiger partial charge on any atom is 0.335 e. The summed E-state index contributed by atoms with van der Waals surface area (Å²) in [5.74, 6) is -2.90. The van der Waals surface area contributed by atoms with E-state index in [0.29, 0.717) is 12.0 Å². The number of aromatic carboxylic acids is 1. The summed E-state index contributed by atoms with van der Waals surface area (Å²) in [6, 6.07) is 6.05. The van der Waals surface area contributed by atoms with E-state index in [-0.39, 0.29) is 61.3 Å². The largest absolute Gasteiger partial charge is 0.478 e. The summed E-state index contributed by atoms with van der Waals surface area (Å²) in [6.07, 6.45) is 6.51. The van der Waals surface area contributed by atoms with Crippen molar-refractivity contribution in [3.8, 4) is 0 Å². The second-order valence-electron chi connectivity index (χ2n) is 13.0. The number of hydrogen-bond acceptors (Lipinski definition) is 8. The highest BCUT2D eigenvalue weighted by Gasteiger charge is 2.68. The van der Waals surface area contributed by atoms with Crippen LogP contribution in [0.4, 0.5) is 0 Å². The Bertz CT molecular complexity index is 1400. The minimum Gasteiger partial charge on any atom is -0.478 e. The van der Waals surface area contributed by atoms with Crippen LogP contribution in [0.5, 0.6) is 0 Å². The Hall–Kier alpha value is -3.63. The molecular formula is C33H39NO9.